The van der Waals surface area contributed by atoms with Crippen LogP contribution >= 0.6 is 0 Å². The minimum Gasteiger partial charge on any atom is -0.481 e. The molecule has 2 nitrogen and oxygen atoms in total. The van der Waals surface area contributed by atoms with E-state index in [-0.39, 0.29) is 0 Å². The molecule has 0 heterocycles. The summed E-state index contributed by atoms with van der Waals surface area (Å²) < 4.78 is 0. The molecule has 0 radical (unpaired) electrons. The molecule has 0 saturated carbocycles. The van der Waals surface area contributed by atoms with Crippen LogP contribution in [-0.4, -0.2) is 11.1 Å². The number of aliphatic carboxylic acids is 1. The molecule has 0 aromatic rings. The quantitative estimate of drug-likeness (QED) is 0.599. The first-order valence-electron chi connectivity index (χ1n) is 4.88. The Labute approximate surface area is 75.0 Å². The zero-order valence-corrected chi connectivity index (χ0v) is 8.18. The summed E-state index contributed by atoms with van der Waals surface area (Å²) in [5.74, 6) is -0.322. The van der Waals surface area contributed by atoms with E-state index in [4.69, 9.17) is 5.11 Å². The predicted octanol–water partition coefficient (Wildman–Crippen LogP) is 3.07. The fraction of sp³-hybridized carbons (Fsp3) is 0.900. The van der Waals surface area contributed by atoms with Gasteiger partial charge in [0.05, 0.1) is 0 Å². The number of carboxylic acid groups (broad SMARTS) is 1. The Morgan fingerprint density at radius 1 is 1.33 bits per heavy atom. The first-order chi connectivity index (χ1) is 5.66. The third kappa shape index (κ3) is 7.58. The monoisotopic (exact) mass is 172 g/mol. The number of hydrogen-bond acceptors (Lipinski definition) is 1. The zero-order chi connectivity index (χ0) is 9.40. The standard InChI is InChI=1S/C10H20O2/c1-3-4-5-6-7-9(2)8-10(11)12/h9H,3-8H2,1-2H3,(H,11,12). The van der Waals surface area contributed by atoms with Crippen molar-refractivity contribution in [2.75, 3.05) is 0 Å². The van der Waals surface area contributed by atoms with E-state index in [9.17, 15) is 4.79 Å². The molecule has 0 fully saturated rings. The first-order valence-corrected chi connectivity index (χ1v) is 4.88. The van der Waals surface area contributed by atoms with E-state index < -0.39 is 5.97 Å². The maximum absolute atomic E-state index is 10.3. The van der Waals surface area contributed by atoms with Gasteiger partial charge in [-0.15, -0.1) is 0 Å². The second-order valence-corrected chi connectivity index (χ2v) is 3.55. The van der Waals surface area contributed by atoms with Gasteiger partial charge in [0.15, 0.2) is 0 Å². The average Bonchev–Trinajstić information content (AvgIpc) is 1.97. The molecule has 0 aliphatic carbocycles. The SMILES string of the molecule is CCCCCCC(C)CC(=O)O. The van der Waals surface area contributed by atoms with Crippen molar-refractivity contribution >= 4 is 5.97 Å². The fourth-order valence-corrected chi connectivity index (χ4v) is 1.32. The van der Waals surface area contributed by atoms with Crippen LogP contribution < -0.4 is 0 Å². The molecule has 0 spiro atoms. The lowest BCUT2D eigenvalue weighted by Crippen LogP contribution is -2.03. The Hall–Kier alpha value is -0.530. The summed E-state index contributed by atoms with van der Waals surface area (Å²) in [6.07, 6.45) is 6.34. The molecule has 12 heavy (non-hydrogen) atoms. The van der Waals surface area contributed by atoms with Gasteiger partial charge in [-0.2, -0.15) is 0 Å². The summed E-state index contributed by atoms with van der Waals surface area (Å²) in [6, 6.07) is 0. The summed E-state index contributed by atoms with van der Waals surface area (Å²) in [5, 5.41) is 8.49. The predicted molar refractivity (Wildman–Crippen MR) is 50.2 cm³/mol. The molecular weight excluding hydrogens is 152 g/mol. The lowest BCUT2D eigenvalue weighted by Gasteiger charge is -2.06. The molecule has 0 bridgehead atoms. The third-order valence-corrected chi connectivity index (χ3v) is 2.07. The molecule has 1 atom stereocenters. The summed E-state index contributed by atoms with van der Waals surface area (Å²) in [4.78, 5) is 10.3. The lowest BCUT2D eigenvalue weighted by molar-refractivity contribution is -0.138. The topological polar surface area (TPSA) is 37.3 Å². The average molecular weight is 172 g/mol. The van der Waals surface area contributed by atoms with Crippen molar-refractivity contribution in [3.8, 4) is 0 Å². The molecule has 1 N–H and O–H groups in total. The van der Waals surface area contributed by atoms with Crippen molar-refractivity contribution in [1.29, 1.82) is 0 Å². The van der Waals surface area contributed by atoms with E-state index in [1.54, 1.807) is 0 Å². The van der Waals surface area contributed by atoms with Crippen molar-refractivity contribution in [2.45, 2.75) is 52.4 Å². The number of carboxylic acids is 1. The van der Waals surface area contributed by atoms with E-state index in [1.165, 1.54) is 25.7 Å². The van der Waals surface area contributed by atoms with Crippen LogP contribution in [0.25, 0.3) is 0 Å². The number of unbranched alkanes of at least 4 members (excludes halogenated alkanes) is 3. The molecule has 1 unspecified atom stereocenters. The van der Waals surface area contributed by atoms with Gasteiger partial charge in [-0.1, -0.05) is 46.0 Å². The zero-order valence-electron chi connectivity index (χ0n) is 8.18. The second kappa shape index (κ2) is 7.14. The number of carbonyl (C=O) groups is 1. The van der Waals surface area contributed by atoms with Gasteiger partial charge in [-0.25, -0.2) is 0 Å². The Kier molecular flexibility index (Phi) is 6.82. The Morgan fingerprint density at radius 2 is 2.00 bits per heavy atom. The summed E-state index contributed by atoms with van der Waals surface area (Å²) >= 11 is 0. The van der Waals surface area contributed by atoms with Crippen molar-refractivity contribution in [2.24, 2.45) is 5.92 Å². The molecular formula is C10H20O2. The molecule has 0 aromatic carbocycles. The van der Waals surface area contributed by atoms with Crippen LogP contribution in [0, 0.1) is 5.92 Å². The Balaban J connectivity index is 3.19. The van der Waals surface area contributed by atoms with E-state index in [0.717, 1.165) is 6.42 Å². The lowest BCUT2D eigenvalue weighted by atomic mass is 10.00. The third-order valence-electron chi connectivity index (χ3n) is 2.07. The fourth-order valence-electron chi connectivity index (χ4n) is 1.32. The van der Waals surface area contributed by atoms with E-state index in [1.807, 2.05) is 6.92 Å². The number of rotatable bonds is 7. The van der Waals surface area contributed by atoms with Gasteiger partial charge in [0.25, 0.3) is 0 Å². The van der Waals surface area contributed by atoms with Gasteiger partial charge in [0.2, 0.25) is 0 Å². The smallest absolute Gasteiger partial charge is 0.303 e. The Bertz CT molecular complexity index is 121. The highest BCUT2D eigenvalue weighted by atomic mass is 16.4. The van der Waals surface area contributed by atoms with Gasteiger partial charge in [-0.3, -0.25) is 4.79 Å². The number of hydrogen-bond donors (Lipinski definition) is 1. The first kappa shape index (κ1) is 11.5. The van der Waals surface area contributed by atoms with Crippen molar-refractivity contribution in [1.82, 2.24) is 0 Å². The van der Waals surface area contributed by atoms with E-state index in [2.05, 4.69) is 6.92 Å². The van der Waals surface area contributed by atoms with Gasteiger partial charge >= 0.3 is 5.97 Å². The minimum atomic E-state index is -0.669. The van der Waals surface area contributed by atoms with Gasteiger partial charge in [0.1, 0.15) is 0 Å². The van der Waals surface area contributed by atoms with Crippen LogP contribution in [0.3, 0.4) is 0 Å². The molecule has 0 aliphatic heterocycles. The van der Waals surface area contributed by atoms with Crippen molar-refractivity contribution in [3.05, 3.63) is 0 Å². The summed E-state index contributed by atoms with van der Waals surface area (Å²) in [5.41, 5.74) is 0. The van der Waals surface area contributed by atoms with Crippen LogP contribution in [0.15, 0.2) is 0 Å². The summed E-state index contributed by atoms with van der Waals surface area (Å²) in [7, 11) is 0. The molecule has 0 saturated heterocycles. The van der Waals surface area contributed by atoms with Crippen LogP contribution in [0.1, 0.15) is 52.4 Å². The van der Waals surface area contributed by atoms with Crippen LogP contribution in [0.5, 0.6) is 0 Å². The molecule has 72 valence electrons. The molecule has 0 aromatic heterocycles. The van der Waals surface area contributed by atoms with Gasteiger partial charge in [0, 0.05) is 6.42 Å². The maximum Gasteiger partial charge on any atom is 0.303 e. The molecule has 2 heteroatoms. The van der Waals surface area contributed by atoms with Crippen molar-refractivity contribution < 1.29 is 9.90 Å². The van der Waals surface area contributed by atoms with Crippen LogP contribution in [-0.2, 0) is 4.79 Å². The largest absolute Gasteiger partial charge is 0.481 e. The minimum absolute atomic E-state index is 0.326. The highest BCUT2D eigenvalue weighted by molar-refractivity contribution is 5.66. The van der Waals surface area contributed by atoms with E-state index in [0.29, 0.717) is 12.3 Å². The molecule has 0 aliphatic rings. The van der Waals surface area contributed by atoms with Crippen LogP contribution in [0.2, 0.25) is 0 Å². The second-order valence-electron chi connectivity index (χ2n) is 3.55. The van der Waals surface area contributed by atoms with Gasteiger partial charge in [-0.05, 0) is 5.92 Å². The van der Waals surface area contributed by atoms with Crippen LogP contribution in [0.4, 0.5) is 0 Å². The molecule has 0 rings (SSSR count). The highest BCUT2D eigenvalue weighted by Gasteiger charge is 2.06. The normalized spacial score (nSPS) is 12.8. The molecule has 0 amide bonds. The van der Waals surface area contributed by atoms with Crippen molar-refractivity contribution in [3.63, 3.8) is 0 Å². The summed E-state index contributed by atoms with van der Waals surface area (Å²) in [6.45, 7) is 4.20. The van der Waals surface area contributed by atoms with Gasteiger partial charge < -0.3 is 5.11 Å². The Morgan fingerprint density at radius 3 is 2.50 bits per heavy atom. The van der Waals surface area contributed by atoms with E-state index >= 15 is 0 Å². The maximum atomic E-state index is 10.3. The highest BCUT2D eigenvalue weighted by Crippen LogP contribution is 2.13.